The molecule has 2 saturated heterocycles. The van der Waals surface area contributed by atoms with Crippen molar-refractivity contribution >= 4 is 65.7 Å². The molecule has 766 valence electrons. The van der Waals surface area contributed by atoms with E-state index in [1.54, 1.807) is 34.6 Å². The first kappa shape index (κ1) is 112. The van der Waals surface area contributed by atoms with Crippen molar-refractivity contribution in [1.29, 1.82) is 0 Å². The maximum absolute atomic E-state index is 12.6. The number of methoxy groups -OCH3 is 3. The van der Waals surface area contributed by atoms with Crippen LogP contribution in [-0.2, 0) is 95.4 Å². The van der Waals surface area contributed by atoms with E-state index in [-0.39, 0.29) is 116 Å². The zero-order chi connectivity index (χ0) is 100.0. The molecule has 134 heavy (non-hydrogen) atoms. The van der Waals surface area contributed by atoms with Gasteiger partial charge >= 0.3 is 65.7 Å². The third-order valence-electron chi connectivity index (χ3n) is 37.9. The Morgan fingerprint density at radius 2 is 0.858 bits per heavy atom. The lowest BCUT2D eigenvalue weighted by molar-refractivity contribution is -0.222. The number of cyclic esters (lactones) is 1. The summed E-state index contributed by atoms with van der Waals surface area (Å²) >= 11 is 0. The van der Waals surface area contributed by atoms with Crippen molar-refractivity contribution in [2.24, 2.45) is 175 Å². The molecule has 0 amide bonds. The Balaban J connectivity index is 0.000000171. The van der Waals surface area contributed by atoms with E-state index < -0.39 is 64.5 Å². The molecule has 19 aliphatic carbocycles. The molecule has 21 atom stereocenters. The third kappa shape index (κ3) is 24.8. The van der Waals surface area contributed by atoms with Crippen LogP contribution in [0.15, 0.2) is 0 Å². The molecule has 21 aliphatic rings. The molecule has 2 aliphatic heterocycles. The first-order chi connectivity index (χ1) is 62.6. The number of carbonyl (C=O) groups is 11. The van der Waals surface area contributed by atoms with Crippen LogP contribution in [-0.4, -0.2) is 166 Å². The molecule has 5 N–H and O–H groups in total. The fourth-order valence-corrected chi connectivity index (χ4v) is 27.2. The van der Waals surface area contributed by atoms with Gasteiger partial charge < -0.3 is 68.2 Å². The minimum absolute atomic E-state index is 0.0185. The van der Waals surface area contributed by atoms with Gasteiger partial charge in [0.15, 0.2) is 0 Å². The van der Waals surface area contributed by atoms with Crippen molar-refractivity contribution in [3.05, 3.63) is 0 Å². The molecule has 0 aromatic carbocycles. The Hall–Kier alpha value is -5.95. The van der Waals surface area contributed by atoms with Gasteiger partial charge in [-0.15, -0.1) is 0 Å². The number of aliphatic hydroxyl groups is 3. The number of aliphatic carboxylic acids is 2. The molecule has 0 aromatic heterocycles. The Morgan fingerprint density at radius 1 is 0.433 bits per heavy atom. The van der Waals surface area contributed by atoms with Crippen LogP contribution in [0.3, 0.4) is 0 Å². The number of hydrogen-bond donors (Lipinski definition) is 5. The van der Waals surface area contributed by atoms with Crippen molar-refractivity contribution in [3.63, 3.8) is 0 Å². The normalized spacial score (nSPS) is 38.2. The summed E-state index contributed by atoms with van der Waals surface area (Å²) in [5.74, 6) is 8.53. The van der Waals surface area contributed by atoms with Gasteiger partial charge in [-0.1, -0.05) is 83.1 Å². The van der Waals surface area contributed by atoms with Crippen LogP contribution < -0.4 is 0 Å². The molecule has 21 rings (SSSR count). The molecular formula is C109H180O25. The highest BCUT2D eigenvalue weighted by Gasteiger charge is 2.71. The first-order valence-electron chi connectivity index (χ1n) is 52.7. The van der Waals surface area contributed by atoms with E-state index in [1.165, 1.54) is 130 Å². The Labute approximate surface area is 803 Å². The standard InChI is InChI=1S/C18H30O2.C17H28O2.C15H20O6.C15H24O3.C10H16O2.C9H12O2.C7H14O2.3C6H12O2/c1-5-17(3,4)16(19)20-18(6-2)14-8-12-7-13(10-14)11-15(18)9-12;1-5-16(2,3)15(18)19-17(4)13-7-11-6-12(9-13)10-14(17)8-11;1-4-6(2)13(16)20-11-7-5-8-10(9(7)14(17)19-3)15(18)21-12(8)11;1-3-10(2)13(16)18-15-7-11-4-12(8-15)6-14(17,5-11)9-15;11-8-4-7-5-1-2-6(3-5)9(7)10(8)12;10-9-8-6-2-1-5(3-6)7(8)4-11-9;1-5-7(2,3)6(8)9-4;2*1-4-6(2,3)5(7)8;1-4-5(2)6(7)8-3/h12-15H,5-11H2,1-4H3;11-14H,5-10H2,1-4H3;6-12H,4-5H2,1-3H3;10-12,17H,3-9H2,1-2H3;5-12H,1-4H2;5-8H,1-4H2;5H2,1-4H3;2*4H2,1-3H3,(H,7,8);5H,4H2,1-3H3. The smallest absolute Gasteiger partial charge is 0.312 e. The van der Waals surface area contributed by atoms with Gasteiger partial charge in [-0.3, -0.25) is 52.7 Å². The second-order valence-corrected chi connectivity index (χ2v) is 48.4. The summed E-state index contributed by atoms with van der Waals surface area (Å²) in [7, 11) is 4.14. The van der Waals surface area contributed by atoms with E-state index in [9.17, 15) is 68.1 Å². The van der Waals surface area contributed by atoms with Crippen LogP contribution in [0.25, 0.3) is 0 Å². The lowest BCUT2D eigenvalue weighted by Crippen LogP contribution is -2.60. The van der Waals surface area contributed by atoms with Crippen LogP contribution in [0.2, 0.25) is 0 Å². The quantitative estimate of drug-likeness (QED) is 0.0496. The molecule has 25 heteroatoms. The molecule has 0 aromatic rings. The molecule has 19 saturated carbocycles. The van der Waals surface area contributed by atoms with E-state index in [0.717, 1.165) is 119 Å². The minimum Gasteiger partial charge on any atom is -0.481 e. The predicted molar refractivity (Wildman–Crippen MR) is 508 cm³/mol. The maximum Gasteiger partial charge on any atom is 0.312 e. The maximum atomic E-state index is 12.6. The summed E-state index contributed by atoms with van der Waals surface area (Å²) in [4.78, 5) is 126. The minimum atomic E-state index is -0.722. The number of fused-ring (bicyclic) bond motifs is 11. The van der Waals surface area contributed by atoms with Crippen LogP contribution in [0, 0.1) is 175 Å². The van der Waals surface area contributed by atoms with Crippen molar-refractivity contribution in [1.82, 2.24) is 0 Å². The fourth-order valence-electron chi connectivity index (χ4n) is 27.2. The summed E-state index contributed by atoms with van der Waals surface area (Å²) in [5, 5.41) is 46.7. The van der Waals surface area contributed by atoms with Crippen molar-refractivity contribution in [2.75, 3.05) is 27.9 Å². The fraction of sp³-hybridized carbons (Fsp3) is 0.899. The zero-order valence-electron chi connectivity index (χ0n) is 87.2. The predicted octanol–water partition coefficient (Wildman–Crippen LogP) is 20.1. The molecule has 21 unspecified atom stereocenters. The number of carbonyl (C=O) groups excluding carboxylic acids is 9. The van der Waals surface area contributed by atoms with Gasteiger partial charge in [-0.05, 0) is 376 Å². The van der Waals surface area contributed by atoms with E-state index in [4.69, 9.17) is 43.4 Å². The number of esters is 9. The summed E-state index contributed by atoms with van der Waals surface area (Å²) in [6, 6.07) is 0. The van der Waals surface area contributed by atoms with E-state index in [1.807, 2.05) is 96.9 Å². The van der Waals surface area contributed by atoms with E-state index in [0.29, 0.717) is 97.2 Å². The van der Waals surface area contributed by atoms with Gasteiger partial charge in [-0.2, -0.15) is 0 Å². The van der Waals surface area contributed by atoms with Crippen LogP contribution in [0.5, 0.6) is 0 Å². The average Bonchev–Trinajstić information content (AvgIpc) is 1.49. The molecule has 0 radical (unpaired) electrons. The van der Waals surface area contributed by atoms with Gasteiger partial charge in [0.05, 0.1) is 108 Å². The average molecular weight is 1890 g/mol. The Kier molecular flexibility index (Phi) is 37.8. The topological polar surface area (TPSA) is 372 Å². The lowest BCUT2D eigenvalue weighted by atomic mass is 9.49. The zero-order valence-corrected chi connectivity index (χ0v) is 87.2. The molecule has 2 heterocycles. The van der Waals surface area contributed by atoms with Crippen molar-refractivity contribution in [3.8, 4) is 0 Å². The van der Waals surface area contributed by atoms with Gasteiger partial charge in [0.2, 0.25) is 0 Å². The number of carboxylic acid groups (broad SMARTS) is 2. The summed E-state index contributed by atoms with van der Waals surface area (Å²) in [6.45, 7) is 45.2. The Morgan fingerprint density at radius 3 is 1.26 bits per heavy atom. The van der Waals surface area contributed by atoms with Crippen LogP contribution >= 0.6 is 0 Å². The lowest BCUT2D eigenvalue weighted by Gasteiger charge is -2.60. The van der Waals surface area contributed by atoms with Gasteiger partial charge in [0, 0.05) is 24.2 Å². The number of ether oxygens (including phenoxy) is 9. The SMILES string of the molecule is CCC(C)(C)C(=O)O.CCC(C)(C)C(=O)O.CCC(C)(C)C(=O)OC.CCC(C)(C)C(=O)OC1(C)C2CC3CC(C2)CC1C3.CCC(C)(C)C(=O)OC1(CC)C2CC3CC(C2)CC1C3.CCC(C)C(=O)OC.CCC(C)C(=O)OC12CC3CC(CC(O)(C3)C1)C2.CCC(C)C(=O)OC1C2CC3C1OC(=O)C3C2C(=O)OC.O=C1OCC2C3CCC(C3)C12.OC1CC2C3CCC(C3)C2C1O. The van der Waals surface area contributed by atoms with Crippen molar-refractivity contribution in [2.45, 2.75) is 418 Å². The second kappa shape index (κ2) is 45.3. The summed E-state index contributed by atoms with van der Waals surface area (Å²) in [6.07, 6.45) is 34.0. The van der Waals surface area contributed by atoms with Gasteiger partial charge in [-0.25, -0.2) is 0 Å². The first-order valence-corrected chi connectivity index (χ1v) is 52.7. The number of rotatable bonds is 22. The largest absolute Gasteiger partial charge is 0.481 e. The molecule has 25 nitrogen and oxygen atoms in total. The third-order valence-corrected chi connectivity index (χ3v) is 37.9. The number of aliphatic hydroxyl groups excluding tert-OH is 2. The molecule has 0 spiro atoms. The van der Waals surface area contributed by atoms with E-state index in [2.05, 4.69) is 37.2 Å². The Bertz CT molecular complexity index is 3900. The van der Waals surface area contributed by atoms with Crippen molar-refractivity contribution < 1.29 is 121 Å². The highest BCUT2D eigenvalue weighted by Crippen LogP contribution is 2.65. The summed E-state index contributed by atoms with van der Waals surface area (Å²) in [5.41, 5.74) is -3.24. The number of carboxylic acids is 2. The molecule has 21 fully saturated rings. The van der Waals surface area contributed by atoms with Crippen LogP contribution in [0.1, 0.15) is 371 Å². The van der Waals surface area contributed by atoms with E-state index >= 15 is 0 Å². The molecule has 18 bridgehead atoms. The second-order valence-electron chi connectivity index (χ2n) is 48.4. The highest BCUT2D eigenvalue weighted by atomic mass is 16.6. The highest BCUT2D eigenvalue weighted by molar-refractivity contribution is 5.86. The number of hydrogen-bond acceptors (Lipinski definition) is 23. The van der Waals surface area contributed by atoms with Gasteiger partial charge in [0.1, 0.15) is 29.0 Å². The molecular weight excluding hydrogens is 1710 g/mol. The van der Waals surface area contributed by atoms with Gasteiger partial charge in [0.25, 0.3) is 0 Å². The van der Waals surface area contributed by atoms with Crippen LogP contribution in [0.4, 0.5) is 0 Å². The monoisotopic (exact) mass is 1890 g/mol. The summed E-state index contributed by atoms with van der Waals surface area (Å²) < 4.78 is 48.1.